The second-order valence-corrected chi connectivity index (χ2v) is 9.07. The molecule has 9 heteroatoms. The van der Waals surface area contributed by atoms with Gasteiger partial charge < -0.3 is 15.4 Å². The molecule has 0 heterocycles. The van der Waals surface area contributed by atoms with Gasteiger partial charge in [0.05, 0.1) is 6.21 Å². The van der Waals surface area contributed by atoms with E-state index in [2.05, 4.69) is 37.1 Å². The van der Waals surface area contributed by atoms with Crippen molar-refractivity contribution in [1.29, 1.82) is 0 Å². The number of hydrazone groups is 1. The lowest BCUT2D eigenvalue weighted by Gasteiger charge is -2.13. The minimum atomic E-state index is -0.899. The fourth-order valence-corrected chi connectivity index (χ4v) is 3.64. The van der Waals surface area contributed by atoms with Crippen molar-refractivity contribution in [2.75, 3.05) is 11.9 Å². The van der Waals surface area contributed by atoms with Crippen LogP contribution in [0.5, 0.6) is 5.75 Å². The molecule has 3 aromatic rings. The topological polar surface area (TPSA) is 109 Å². The number of carbonyl (C=O) groups is 3. The largest absolute Gasteiger partial charge is 0.483 e. The number of halogens is 1. The van der Waals surface area contributed by atoms with Crippen molar-refractivity contribution >= 4 is 45.6 Å². The molecule has 3 rings (SSSR count). The van der Waals surface area contributed by atoms with Crippen LogP contribution in [-0.4, -0.2) is 30.5 Å². The van der Waals surface area contributed by atoms with Crippen LogP contribution in [0.15, 0.2) is 70.2 Å². The summed E-state index contributed by atoms with van der Waals surface area (Å²) in [7, 11) is 0. The summed E-state index contributed by atoms with van der Waals surface area (Å²) < 4.78 is 6.44. The monoisotopic (exact) mass is 550 g/mol. The van der Waals surface area contributed by atoms with Gasteiger partial charge in [0.15, 0.2) is 6.61 Å². The van der Waals surface area contributed by atoms with Crippen LogP contribution in [-0.2, 0) is 20.9 Å². The first kappa shape index (κ1) is 26.6. The first-order valence-corrected chi connectivity index (χ1v) is 12.0. The van der Waals surface area contributed by atoms with Gasteiger partial charge in [0.2, 0.25) is 0 Å². The van der Waals surface area contributed by atoms with Crippen LogP contribution in [0.3, 0.4) is 0 Å². The van der Waals surface area contributed by atoms with E-state index in [-0.39, 0.29) is 19.1 Å². The van der Waals surface area contributed by atoms with Gasteiger partial charge in [-0.3, -0.25) is 14.4 Å². The maximum atomic E-state index is 12.4. The lowest BCUT2D eigenvalue weighted by molar-refractivity contribution is -0.139. The molecule has 0 saturated heterocycles. The predicted molar refractivity (Wildman–Crippen MR) is 143 cm³/mol. The highest BCUT2D eigenvalue weighted by Crippen LogP contribution is 2.23. The van der Waals surface area contributed by atoms with Crippen molar-refractivity contribution < 1.29 is 19.1 Å². The van der Waals surface area contributed by atoms with Crippen LogP contribution >= 0.6 is 15.9 Å². The average molecular weight is 551 g/mol. The van der Waals surface area contributed by atoms with Crippen molar-refractivity contribution in [1.82, 2.24) is 10.7 Å². The number of nitrogens with zero attached hydrogens (tertiary/aromatic N) is 1. The number of amides is 3. The second-order valence-electron chi connectivity index (χ2n) is 8.15. The van der Waals surface area contributed by atoms with E-state index < -0.39 is 11.8 Å². The molecule has 0 aliphatic rings. The van der Waals surface area contributed by atoms with Crippen LogP contribution < -0.4 is 20.8 Å². The zero-order valence-electron chi connectivity index (χ0n) is 20.2. The zero-order chi connectivity index (χ0) is 26.1. The third kappa shape index (κ3) is 7.78. The summed E-state index contributed by atoms with van der Waals surface area (Å²) in [6.45, 7) is 5.82. The van der Waals surface area contributed by atoms with Crippen LogP contribution in [0.25, 0.3) is 0 Å². The molecular weight excluding hydrogens is 524 g/mol. The summed E-state index contributed by atoms with van der Waals surface area (Å²) in [6, 6.07) is 18.5. The summed E-state index contributed by atoms with van der Waals surface area (Å²) in [6.07, 6.45) is 1.34. The molecule has 8 nitrogen and oxygen atoms in total. The fourth-order valence-electron chi connectivity index (χ4n) is 3.26. The van der Waals surface area contributed by atoms with Crippen LogP contribution in [0.2, 0.25) is 0 Å². The molecule has 36 heavy (non-hydrogen) atoms. The molecule has 0 unspecified atom stereocenters. The van der Waals surface area contributed by atoms with E-state index in [1.165, 1.54) is 6.21 Å². The van der Waals surface area contributed by atoms with Gasteiger partial charge >= 0.3 is 11.8 Å². The van der Waals surface area contributed by atoms with Crippen LogP contribution in [0.1, 0.15) is 27.8 Å². The molecule has 0 saturated carbocycles. The number of ether oxygens (including phenoxy) is 1. The van der Waals surface area contributed by atoms with Crippen LogP contribution in [0, 0.1) is 20.8 Å². The summed E-state index contributed by atoms with van der Waals surface area (Å²) >= 11 is 3.38. The molecule has 0 spiro atoms. The highest BCUT2D eigenvalue weighted by molar-refractivity contribution is 9.10. The molecule has 0 radical (unpaired) electrons. The van der Waals surface area contributed by atoms with E-state index in [0.717, 1.165) is 32.4 Å². The molecule has 0 aliphatic carbocycles. The number of rotatable bonds is 8. The van der Waals surface area contributed by atoms with Crippen molar-refractivity contribution in [3.8, 4) is 5.75 Å². The Balaban J connectivity index is 1.55. The summed E-state index contributed by atoms with van der Waals surface area (Å²) in [5.74, 6) is -1.63. The number of benzene rings is 3. The van der Waals surface area contributed by atoms with Gasteiger partial charge in [0.1, 0.15) is 5.75 Å². The molecule has 3 aromatic carbocycles. The third-order valence-electron chi connectivity index (χ3n) is 5.23. The Morgan fingerprint density at radius 2 is 1.64 bits per heavy atom. The Labute approximate surface area is 218 Å². The quantitative estimate of drug-likeness (QED) is 0.222. The van der Waals surface area contributed by atoms with Crippen molar-refractivity contribution in [2.24, 2.45) is 5.10 Å². The summed E-state index contributed by atoms with van der Waals surface area (Å²) in [5, 5.41) is 9.28. The summed E-state index contributed by atoms with van der Waals surface area (Å²) in [5.41, 5.74) is 7.36. The van der Waals surface area contributed by atoms with Gasteiger partial charge in [-0.15, -0.1) is 0 Å². The number of nitrogens with one attached hydrogen (secondary N) is 3. The maximum absolute atomic E-state index is 12.4. The lowest BCUT2D eigenvalue weighted by atomic mass is 10.1. The molecule has 3 amide bonds. The van der Waals surface area contributed by atoms with Gasteiger partial charge in [-0.1, -0.05) is 64.0 Å². The lowest BCUT2D eigenvalue weighted by Crippen LogP contribution is -2.37. The SMILES string of the molecule is Cc1ccc(CNC(=O)C(=O)N/N=C\c2cc(Br)ccc2OCC(=O)Nc2c(C)cccc2C)cc1. The molecule has 0 fully saturated rings. The molecule has 0 bridgehead atoms. The molecular formula is C27H27BrN4O4. The van der Waals surface area contributed by atoms with E-state index in [0.29, 0.717) is 11.3 Å². The van der Waals surface area contributed by atoms with Gasteiger partial charge in [-0.05, 0) is 55.7 Å². The number of carbonyl (C=O) groups excluding carboxylic acids is 3. The predicted octanol–water partition coefficient (Wildman–Crippen LogP) is 4.16. The minimum absolute atomic E-state index is 0.218. The molecule has 3 N–H and O–H groups in total. The van der Waals surface area contributed by atoms with E-state index >= 15 is 0 Å². The second kappa shape index (κ2) is 12.6. The maximum Gasteiger partial charge on any atom is 0.329 e. The smallest absolute Gasteiger partial charge is 0.329 e. The Morgan fingerprint density at radius 3 is 2.33 bits per heavy atom. The Kier molecular flexibility index (Phi) is 9.35. The minimum Gasteiger partial charge on any atom is -0.483 e. The highest BCUT2D eigenvalue weighted by atomic mass is 79.9. The first-order valence-electron chi connectivity index (χ1n) is 11.2. The standard InChI is InChI=1S/C27H27BrN4O4/c1-17-7-9-20(10-8-17)14-29-26(34)27(35)32-30-15-21-13-22(28)11-12-23(21)36-16-24(33)31-25-18(2)5-4-6-19(25)3/h4-13,15H,14,16H2,1-3H3,(H,29,34)(H,31,33)(H,32,35)/b30-15-. The molecule has 0 aromatic heterocycles. The number of hydrogen-bond acceptors (Lipinski definition) is 5. The number of aryl methyl sites for hydroxylation is 3. The van der Waals surface area contributed by atoms with E-state index in [4.69, 9.17) is 4.74 Å². The highest BCUT2D eigenvalue weighted by Gasteiger charge is 2.13. The first-order chi connectivity index (χ1) is 17.2. The van der Waals surface area contributed by atoms with Gasteiger partial charge in [0.25, 0.3) is 5.91 Å². The van der Waals surface area contributed by atoms with Gasteiger partial charge in [-0.25, -0.2) is 5.43 Å². The third-order valence-corrected chi connectivity index (χ3v) is 5.72. The molecule has 0 atom stereocenters. The summed E-state index contributed by atoms with van der Waals surface area (Å²) in [4.78, 5) is 36.6. The molecule has 0 aliphatic heterocycles. The van der Waals surface area contributed by atoms with E-state index in [1.807, 2.05) is 63.2 Å². The van der Waals surface area contributed by atoms with Gasteiger partial charge in [0, 0.05) is 22.3 Å². The van der Waals surface area contributed by atoms with Crippen molar-refractivity contribution in [2.45, 2.75) is 27.3 Å². The Hall–Kier alpha value is -3.98. The van der Waals surface area contributed by atoms with Crippen LogP contribution in [0.4, 0.5) is 5.69 Å². The Morgan fingerprint density at radius 1 is 0.944 bits per heavy atom. The Bertz CT molecular complexity index is 1270. The van der Waals surface area contributed by atoms with Gasteiger partial charge in [-0.2, -0.15) is 5.10 Å². The van der Waals surface area contributed by atoms with Crippen molar-refractivity contribution in [3.05, 3.63) is 93.0 Å². The average Bonchev–Trinajstić information content (AvgIpc) is 2.85. The number of hydrogen-bond donors (Lipinski definition) is 3. The number of anilines is 1. The zero-order valence-corrected chi connectivity index (χ0v) is 21.8. The number of para-hydroxylation sites is 1. The fraction of sp³-hybridized carbons (Fsp3) is 0.185. The van der Waals surface area contributed by atoms with E-state index in [9.17, 15) is 14.4 Å². The van der Waals surface area contributed by atoms with E-state index in [1.54, 1.807) is 18.2 Å². The molecule has 186 valence electrons. The van der Waals surface area contributed by atoms with Crippen molar-refractivity contribution in [3.63, 3.8) is 0 Å². The normalized spacial score (nSPS) is 10.7.